The van der Waals surface area contributed by atoms with Gasteiger partial charge in [-0.15, -0.1) is 0 Å². The van der Waals surface area contributed by atoms with E-state index in [1.807, 2.05) is 0 Å². The van der Waals surface area contributed by atoms with Crippen LogP contribution in [-0.4, -0.2) is 30.1 Å². The molecule has 0 aromatic heterocycles. The van der Waals surface area contributed by atoms with Crippen LogP contribution in [-0.2, 0) is 9.53 Å². The summed E-state index contributed by atoms with van der Waals surface area (Å²) in [6.07, 6.45) is 0. The number of hydrogen-bond acceptors (Lipinski definition) is 5. The molecule has 0 saturated heterocycles. The van der Waals surface area contributed by atoms with Crippen LogP contribution in [0.25, 0.3) is 0 Å². The van der Waals surface area contributed by atoms with Gasteiger partial charge in [-0.2, -0.15) is 0 Å². The molecule has 0 unspecified atom stereocenters. The number of hydrogen-bond donors (Lipinski definition) is 1. The third-order valence-corrected chi connectivity index (χ3v) is 1.81. The Morgan fingerprint density at radius 2 is 2.13 bits per heavy atom. The maximum atomic E-state index is 11.4. The lowest BCUT2D eigenvalue weighted by Crippen LogP contribution is -2.20. The monoisotopic (exact) mass is 207 g/mol. The van der Waals surface area contributed by atoms with Crippen LogP contribution in [0.1, 0.15) is 0 Å². The van der Waals surface area contributed by atoms with Crippen LogP contribution < -0.4 is 4.74 Å². The summed E-state index contributed by atoms with van der Waals surface area (Å²) >= 11 is 0. The Morgan fingerprint density at radius 1 is 1.40 bits per heavy atom. The molecule has 1 N–H and O–H groups in total. The molecule has 0 bridgehead atoms. The molecule has 0 fully saturated rings. The van der Waals surface area contributed by atoms with Gasteiger partial charge in [0.2, 0.25) is 0 Å². The van der Waals surface area contributed by atoms with E-state index in [-0.39, 0.29) is 11.6 Å². The van der Waals surface area contributed by atoms with Crippen molar-refractivity contribution in [3.63, 3.8) is 0 Å². The molecule has 5 nitrogen and oxygen atoms in total. The number of phenols is 1. The summed E-state index contributed by atoms with van der Waals surface area (Å²) in [6, 6.07) is 5.84. The van der Waals surface area contributed by atoms with Crippen LogP contribution in [0.2, 0.25) is 0 Å². The molecule has 0 atom stereocenters. The number of esters is 1. The molecule has 0 radical (unpaired) electrons. The second-order valence-corrected chi connectivity index (χ2v) is 2.92. The average molecular weight is 207 g/mol. The molecule has 1 aliphatic heterocycles. The van der Waals surface area contributed by atoms with Gasteiger partial charge in [0.15, 0.2) is 0 Å². The molecule has 5 heteroatoms. The van der Waals surface area contributed by atoms with Crippen LogP contribution >= 0.6 is 0 Å². The summed E-state index contributed by atoms with van der Waals surface area (Å²) < 4.78 is 9.88. The lowest BCUT2D eigenvalue weighted by Gasteiger charge is -2.03. The van der Waals surface area contributed by atoms with Gasteiger partial charge in [-0.05, 0) is 24.3 Å². The van der Waals surface area contributed by atoms with E-state index >= 15 is 0 Å². The van der Waals surface area contributed by atoms with Gasteiger partial charge in [-0.3, -0.25) is 0 Å². The van der Waals surface area contributed by atoms with Crippen molar-refractivity contribution in [3.05, 3.63) is 24.3 Å². The summed E-state index contributed by atoms with van der Waals surface area (Å²) in [5.41, 5.74) is 0. The predicted octanol–water partition coefficient (Wildman–Crippen LogP) is 0.726. The highest BCUT2D eigenvalue weighted by molar-refractivity contribution is 6.33. The summed E-state index contributed by atoms with van der Waals surface area (Å²) in [5, 5.41) is 9.01. The van der Waals surface area contributed by atoms with Gasteiger partial charge in [0.25, 0.3) is 5.90 Å². The van der Waals surface area contributed by atoms with E-state index in [1.54, 1.807) is 0 Å². The van der Waals surface area contributed by atoms with E-state index in [9.17, 15) is 4.79 Å². The van der Waals surface area contributed by atoms with Crippen LogP contribution in [0, 0.1) is 0 Å². The Morgan fingerprint density at radius 3 is 2.73 bits per heavy atom. The number of rotatable bonds is 2. The Hall–Kier alpha value is -2.04. The maximum absolute atomic E-state index is 11.4. The van der Waals surface area contributed by atoms with E-state index in [1.165, 1.54) is 24.3 Å². The minimum atomic E-state index is -0.613. The first-order valence-electron chi connectivity index (χ1n) is 4.44. The fourth-order valence-electron chi connectivity index (χ4n) is 1.12. The van der Waals surface area contributed by atoms with Crippen molar-refractivity contribution in [3.8, 4) is 11.5 Å². The highest BCUT2D eigenvalue weighted by Crippen LogP contribution is 2.16. The summed E-state index contributed by atoms with van der Waals surface area (Å²) in [5.74, 6) is -0.151. The van der Waals surface area contributed by atoms with Gasteiger partial charge in [0.1, 0.15) is 18.1 Å². The molecule has 15 heavy (non-hydrogen) atoms. The van der Waals surface area contributed by atoms with Gasteiger partial charge >= 0.3 is 5.97 Å². The number of benzene rings is 1. The minimum Gasteiger partial charge on any atom is -0.508 e. The SMILES string of the molecule is O=C(Oc1ccc(O)cc1)C1=NCCO1. The second-order valence-electron chi connectivity index (χ2n) is 2.92. The Bertz CT molecular complexity index is 396. The first kappa shape index (κ1) is 9.51. The van der Waals surface area contributed by atoms with Crippen molar-refractivity contribution in [1.29, 1.82) is 0 Å². The van der Waals surface area contributed by atoms with E-state index in [0.717, 1.165) is 0 Å². The third kappa shape index (κ3) is 2.25. The summed E-state index contributed by atoms with van der Waals surface area (Å²) in [7, 11) is 0. The number of carbonyl (C=O) groups excluding carboxylic acids is 1. The lowest BCUT2D eigenvalue weighted by molar-refractivity contribution is -0.128. The molecule has 2 rings (SSSR count). The van der Waals surface area contributed by atoms with E-state index < -0.39 is 5.97 Å². The highest BCUT2D eigenvalue weighted by Gasteiger charge is 2.19. The Kier molecular flexibility index (Phi) is 2.53. The number of aromatic hydroxyl groups is 1. The van der Waals surface area contributed by atoms with Gasteiger partial charge in [-0.1, -0.05) is 0 Å². The largest absolute Gasteiger partial charge is 0.508 e. The van der Waals surface area contributed by atoms with E-state index in [0.29, 0.717) is 18.9 Å². The van der Waals surface area contributed by atoms with Crippen LogP contribution in [0.15, 0.2) is 29.3 Å². The van der Waals surface area contributed by atoms with Crippen molar-refractivity contribution in [2.24, 2.45) is 4.99 Å². The van der Waals surface area contributed by atoms with Crippen LogP contribution in [0.5, 0.6) is 11.5 Å². The second kappa shape index (κ2) is 4.00. The summed E-state index contributed by atoms with van der Waals surface area (Å²) in [6.45, 7) is 0.903. The standard InChI is InChI=1S/C10H9NO4/c12-7-1-3-8(4-2-7)15-10(13)9-11-5-6-14-9/h1-4,12H,5-6H2. The molecule has 1 aromatic carbocycles. The minimum absolute atomic E-state index is 0.00285. The van der Waals surface area contributed by atoms with Gasteiger partial charge < -0.3 is 14.6 Å². The van der Waals surface area contributed by atoms with Crippen molar-refractivity contribution in [1.82, 2.24) is 0 Å². The molecule has 1 aromatic rings. The van der Waals surface area contributed by atoms with E-state index in [2.05, 4.69) is 4.99 Å². The highest BCUT2D eigenvalue weighted by atomic mass is 16.6. The average Bonchev–Trinajstić information content (AvgIpc) is 2.74. The lowest BCUT2D eigenvalue weighted by atomic mass is 10.3. The third-order valence-electron chi connectivity index (χ3n) is 1.81. The first-order chi connectivity index (χ1) is 7.25. The van der Waals surface area contributed by atoms with E-state index in [4.69, 9.17) is 14.6 Å². The molecular formula is C10H9NO4. The maximum Gasteiger partial charge on any atom is 0.399 e. The molecular weight excluding hydrogens is 198 g/mol. The fourth-order valence-corrected chi connectivity index (χ4v) is 1.12. The molecule has 0 aliphatic carbocycles. The molecule has 0 spiro atoms. The van der Waals surface area contributed by atoms with Crippen molar-refractivity contribution in [2.75, 3.05) is 13.2 Å². The van der Waals surface area contributed by atoms with Crippen molar-refractivity contribution in [2.45, 2.75) is 0 Å². The quantitative estimate of drug-likeness (QED) is 0.573. The molecule has 0 saturated carbocycles. The van der Waals surface area contributed by atoms with Gasteiger partial charge in [0, 0.05) is 0 Å². The number of aliphatic imine (C=N–C) groups is 1. The molecule has 78 valence electrons. The zero-order chi connectivity index (χ0) is 10.7. The van der Waals surface area contributed by atoms with Crippen LogP contribution in [0.4, 0.5) is 0 Å². The zero-order valence-electron chi connectivity index (χ0n) is 7.84. The molecule has 1 aliphatic rings. The zero-order valence-corrected chi connectivity index (χ0v) is 7.84. The number of carbonyl (C=O) groups is 1. The number of ether oxygens (including phenoxy) is 2. The Balaban J connectivity index is 2.02. The van der Waals surface area contributed by atoms with Gasteiger partial charge in [-0.25, -0.2) is 9.79 Å². The molecule has 1 heterocycles. The Labute approximate surface area is 86.0 Å². The predicted molar refractivity (Wildman–Crippen MR) is 52.0 cm³/mol. The first-order valence-corrected chi connectivity index (χ1v) is 4.44. The van der Waals surface area contributed by atoms with Gasteiger partial charge in [0.05, 0.1) is 6.54 Å². The fraction of sp³-hybridized carbons (Fsp3) is 0.200. The molecule has 0 amide bonds. The normalized spacial score (nSPS) is 14.3. The van der Waals surface area contributed by atoms with Crippen molar-refractivity contribution < 1.29 is 19.4 Å². The number of nitrogens with zero attached hydrogens (tertiary/aromatic N) is 1. The van der Waals surface area contributed by atoms with Crippen molar-refractivity contribution >= 4 is 11.9 Å². The number of phenolic OH excluding ortho intramolecular Hbond substituents is 1. The summed E-state index contributed by atoms with van der Waals surface area (Å²) in [4.78, 5) is 15.2. The van der Waals surface area contributed by atoms with Crippen LogP contribution in [0.3, 0.4) is 0 Å². The smallest absolute Gasteiger partial charge is 0.399 e. The topological polar surface area (TPSA) is 68.1 Å².